The van der Waals surface area contributed by atoms with Gasteiger partial charge in [-0.05, 0) is 25.1 Å². The molecule has 0 saturated heterocycles. The molecule has 9 nitrogen and oxygen atoms in total. The van der Waals surface area contributed by atoms with Crippen molar-refractivity contribution < 1.29 is 18.8 Å². The third-order valence-electron chi connectivity index (χ3n) is 3.76. The van der Waals surface area contributed by atoms with Crippen LogP contribution in [0.2, 0.25) is 0 Å². The Morgan fingerprint density at radius 3 is 2.75 bits per heavy atom. The molecule has 0 radical (unpaired) electrons. The number of ether oxygens (including phenoxy) is 2. The van der Waals surface area contributed by atoms with Crippen molar-refractivity contribution in [1.82, 2.24) is 4.68 Å². The molecule has 0 atom stereocenters. The zero-order chi connectivity index (χ0) is 20.1. The number of benzene rings is 1. The molecule has 1 aromatic carbocycles. The Bertz CT molecular complexity index is 1080. The number of aromatic nitrogens is 1. The Morgan fingerprint density at radius 1 is 1.29 bits per heavy atom. The molecule has 2 heterocycles. The van der Waals surface area contributed by atoms with Crippen LogP contribution in [0.3, 0.4) is 0 Å². The van der Waals surface area contributed by atoms with Gasteiger partial charge < -0.3 is 13.9 Å². The maximum Gasteiger partial charge on any atom is 0.433 e. The highest BCUT2D eigenvalue weighted by molar-refractivity contribution is 7.07. The molecule has 0 aliphatic heterocycles. The molecule has 2 aromatic heterocycles. The summed E-state index contributed by atoms with van der Waals surface area (Å²) in [6.45, 7) is 2.51. The van der Waals surface area contributed by atoms with Crippen LogP contribution in [0, 0.1) is 10.1 Å². The van der Waals surface area contributed by atoms with E-state index in [0.717, 1.165) is 11.3 Å². The lowest BCUT2D eigenvalue weighted by Crippen LogP contribution is -2.12. The van der Waals surface area contributed by atoms with Crippen molar-refractivity contribution in [2.45, 2.75) is 6.92 Å². The van der Waals surface area contributed by atoms with Crippen LogP contribution < -0.4 is 14.3 Å². The van der Waals surface area contributed by atoms with Crippen LogP contribution in [-0.4, -0.2) is 36.6 Å². The third kappa shape index (κ3) is 3.96. The van der Waals surface area contributed by atoms with E-state index in [1.807, 2.05) is 24.4 Å². The molecule has 0 fully saturated rings. The summed E-state index contributed by atoms with van der Waals surface area (Å²) < 4.78 is 17.5. The van der Waals surface area contributed by atoms with Gasteiger partial charge in [0.15, 0.2) is 5.76 Å². The summed E-state index contributed by atoms with van der Waals surface area (Å²) in [6.07, 6.45) is 1.41. The van der Waals surface area contributed by atoms with Gasteiger partial charge >= 0.3 is 5.88 Å². The normalized spacial score (nSPS) is 11.9. The fourth-order valence-corrected chi connectivity index (χ4v) is 3.37. The van der Waals surface area contributed by atoms with Crippen LogP contribution in [0.5, 0.6) is 11.5 Å². The molecular weight excluding hydrogens is 384 g/mol. The topological polar surface area (TPSA) is 104 Å². The van der Waals surface area contributed by atoms with Gasteiger partial charge in [-0.15, -0.1) is 11.3 Å². The SMILES string of the molecule is CCN=c1scc(-c2ccc(OC)cc2OC)n1/N=C\c1ccc([N+](=O)[O-])o1. The zero-order valence-corrected chi connectivity index (χ0v) is 16.3. The Balaban J connectivity index is 2.08. The van der Waals surface area contributed by atoms with Gasteiger partial charge in [0.05, 0.1) is 32.2 Å². The predicted molar refractivity (Wildman–Crippen MR) is 105 cm³/mol. The van der Waals surface area contributed by atoms with Crippen molar-refractivity contribution in [3.8, 4) is 22.8 Å². The summed E-state index contributed by atoms with van der Waals surface area (Å²) in [5, 5.41) is 17.1. The first-order valence-corrected chi connectivity index (χ1v) is 9.17. The fourth-order valence-electron chi connectivity index (χ4n) is 2.47. The van der Waals surface area contributed by atoms with Crippen LogP contribution >= 0.6 is 11.3 Å². The van der Waals surface area contributed by atoms with E-state index in [0.29, 0.717) is 22.8 Å². The highest BCUT2D eigenvalue weighted by Gasteiger charge is 2.14. The highest BCUT2D eigenvalue weighted by atomic mass is 32.1. The smallest absolute Gasteiger partial charge is 0.433 e. The van der Waals surface area contributed by atoms with Gasteiger partial charge in [-0.2, -0.15) is 5.10 Å². The van der Waals surface area contributed by atoms with Crippen LogP contribution in [0.1, 0.15) is 12.7 Å². The van der Waals surface area contributed by atoms with Crippen LogP contribution in [-0.2, 0) is 0 Å². The number of hydrogen-bond acceptors (Lipinski definition) is 8. The Morgan fingerprint density at radius 2 is 2.11 bits per heavy atom. The molecule has 0 bridgehead atoms. The Hall–Kier alpha value is -3.40. The molecule has 0 aliphatic rings. The van der Waals surface area contributed by atoms with E-state index in [9.17, 15) is 10.1 Å². The monoisotopic (exact) mass is 402 g/mol. The molecule has 0 unspecified atom stereocenters. The maximum atomic E-state index is 10.8. The quantitative estimate of drug-likeness (QED) is 0.341. The number of nitro groups is 1. The summed E-state index contributed by atoms with van der Waals surface area (Å²) in [4.78, 5) is 15.3. The molecule has 0 spiro atoms. The van der Waals surface area contributed by atoms with Gasteiger partial charge in [-0.1, -0.05) is 0 Å². The second-order valence-electron chi connectivity index (χ2n) is 5.43. The average molecular weight is 402 g/mol. The van der Waals surface area contributed by atoms with E-state index in [2.05, 4.69) is 10.1 Å². The van der Waals surface area contributed by atoms with Crippen molar-refractivity contribution in [2.24, 2.45) is 10.1 Å². The molecule has 0 N–H and O–H groups in total. The number of furan rings is 1. The number of rotatable bonds is 7. The van der Waals surface area contributed by atoms with Crippen molar-refractivity contribution in [3.05, 3.63) is 56.4 Å². The lowest BCUT2D eigenvalue weighted by molar-refractivity contribution is -0.402. The summed E-state index contributed by atoms with van der Waals surface area (Å²) in [7, 11) is 3.17. The van der Waals surface area contributed by atoms with Crippen molar-refractivity contribution in [1.29, 1.82) is 0 Å². The minimum Gasteiger partial charge on any atom is -0.497 e. The lowest BCUT2D eigenvalue weighted by Gasteiger charge is -2.10. The van der Waals surface area contributed by atoms with E-state index >= 15 is 0 Å². The minimum absolute atomic E-state index is 0.264. The molecule has 10 heteroatoms. The Labute approximate surface area is 164 Å². The van der Waals surface area contributed by atoms with Crippen LogP contribution in [0.25, 0.3) is 11.3 Å². The summed E-state index contributed by atoms with van der Waals surface area (Å²) in [6, 6.07) is 8.26. The third-order valence-corrected chi connectivity index (χ3v) is 4.61. The predicted octanol–water partition coefficient (Wildman–Crippen LogP) is 3.54. The maximum absolute atomic E-state index is 10.8. The van der Waals surface area contributed by atoms with Crippen molar-refractivity contribution in [3.63, 3.8) is 0 Å². The van der Waals surface area contributed by atoms with E-state index < -0.39 is 4.92 Å². The summed E-state index contributed by atoms with van der Waals surface area (Å²) >= 11 is 1.43. The van der Waals surface area contributed by atoms with E-state index in [4.69, 9.17) is 13.9 Å². The highest BCUT2D eigenvalue weighted by Crippen LogP contribution is 2.33. The molecule has 28 heavy (non-hydrogen) atoms. The second-order valence-corrected chi connectivity index (χ2v) is 6.27. The molecule has 3 aromatic rings. The van der Waals surface area contributed by atoms with E-state index in [1.165, 1.54) is 29.7 Å². The summed E-state index contributed by atoms with van der Waals surface area (Å²) in [5.41, 5.74) is 1.56. The molecule has 0 aliphatic carbocycles. The molecular formula is C18H18N4O5S. The zero-order valence-electron chi connectivity index (χ0n) is 15.5. The lowest BCUT2D eigenvalue weighted by atomic mass is 10.1. The van der Waals surface area contributed by atoms with Gasteiger partial charge in [0.2, 0.25) is 4.80 Å². The van der Waals surface area contributed by atoms with E-state index in [1.54, 1.807) is 25.0 Å². The van der Waals surface area contributed by atoms with Gasteiger partial charge in [-0.25, -0.2) is 4.68 Å². The van der Waals surface area contributed by atoms with Gasteiger partial charge in [0.1, 0.15) is 16.4 Å². The van der Waals surface area contributed by atoms with E-state index in [-0.39, 0.29) is 11.6 Å². The summed E-state index contributed by atoms with van der Waals surface area (Å²) in [5.74, 6) is 1.22. The number of nitrogens with zero attached hydrogens (tertiary/aromatic N) is 4. The standard InChI is InChI=1S/C18H18N4O5S/c1-4-19-18-21(20-10-13-6-8-17(27-13)22(23)24)15(11-28-18)14-7-5-12(25-2)9-16(14)26-3/h5-11H,4H2,1-3H3/b19-18?,20-10-. The number of thiazole rings is 1. The minimum atomic E-state index is -0.597. The first kappa shape index (κ1) is 19.4. The Kier molecular flexibility index (Phi) is 5.90. The van der Waals surface area contributed by atoms with Gasteiger partial charge in [0.25, 0.3) is 0 Å². The van der Waals surface area contributed by atoms with Gasteiger partial charge in [0, 0.05) is 23.6 Å². The van der Waals surface area contributed by atoms with Crippen LogP contribution in [0.15, 0.2) is 50.2 Å². The van der Waals surface area contributed by atoms with Crippen molar-refractivity contribution >= 4 is 23.4 Å². The number of hydrogen-bond donors (Lipinski definition) is 0. The van der Waals surface area contributed by atoms with Crippen molar-refractivity contribution in [2.75, 3.05) is 20.8 Å². The first-order valence-electron chi connectivity index (χ1n) is 8.29. The number of methoxy groups -OCH3 is 2. The molecule has 0 saturated carbocycles. The fraction of sp³-hybridized carbons (Fsp3) is 0.222. The average Bonchev–Trinajstić information content (AvgIpc) is 3.33. The van der Waals surface area contributed by atoms with Crippen LogP contribution in [0.4, 0.5) is 5.88 Å². The first-order chi connectivity index (χ1) is 13.6. The largest absolute Gasteiger partial charge is 0.497 e. The molecule has 3 rings (SSSR count). The molecule has 0 amide bonds. The second kappa shape index (κ2) is 8.53. The molecule has 146 valence electrons. The van der Waals surface area contributed by atoms with Gasteiger partial charge in [-0.3, -0.25) is 15.1 Å².